The van der Waals surface area contributed by atoms with Crippen LogP contribution < -0.4 is 0 Å². The van der Waals surface area contributed by atoms with E-state index in [0.29, 0.717) is 12.5 Å². The second-order valence-corrected chi connectivity index (χ2v) is 4.65. The summed E-state index contributed by atoms with van der Waals surface area (Å²) in [6.07, 6.45) is 0. The first kappa shape index (κ1) is 11.4. The summed E-state index contributed by atoms with van der Waals surface area (Å²) in [4.78, 5) is 23.4. The molecule has 2 aliphatic rings. The van der Waals surface area contributed by atoms with E-state index in [-0.39, 0.29) is 18.4 Å². The molecule has 0 radical (unpaired) electrons. The maximum absolute atomic E-state index is 11.7. The summed E-state index contributed by atoms with van der Waals surface area (Å²) in [5, 5.41) is 0. The van der Waals surface area contributed by atoms with Crippen LogP contribution >= 0.6 is 0 Å². The number of hydrogen-bond acceptors (Lipinski definition) is 5. The molecule has 5 heteroatoms. The van der Waals surface area contributed by atoms with Crippen molar-refractivity contribution >= 4 is 11.9 Å². The predicted molar refractivity (Wildman–Crippen MR) is 53.5 cm³/mol. The molecule has 0 spiro atoms. The molecule has 0 N–H and O–H groups in total. The topological polar surface area (TPSA) is 61.8 Å². The van der Waals surface area contributed by atoms with Crippen molar-refractivity contribution < 1.29 is 23.8 Å². The first-order chi connectivity index (χ1) is 7.54. The molecule has 2 rings (SSSR count). The van der Waals surface area contributed by atoms with Crippen molar-refractivity contribution in [2.24, 2.45) is 17.8 Å². The Morgan fingerprint density at radius 2 is 2.19 bits per heavy atom. The average Bonchev–Trinajstić information content (AvgIpc) is 2.77. The lowest BCUT2D eigenvalue weighted by Gasteiger charge is -2.22. The van der Waals surface area contributed by atoms with E-state index in [4.69, 9.17) is 9.47 Å². The van der Waals surface area contributed by atoms with E-state index in [9.17, 15) is 9.59 Å². The highest BCUT2D eigenvalue weighted by molar-refractivity contribution is 6.05. The van der Waals surface area contributed by atoms with E-state index in [1.165, 1.54) is 7.11 Å². The summed E-state index contributed by atoms with van der Waals surface area (Å²) in [6, 6.07) is 0. The number of esters is 2. The molecule has 0 unspecified atom stereocenters. The molecule has 2 fully saturated rings. The Hall–Kier alpha value is -1.10. The van der Waals surface area contributed by atoms with E-state index >= 15 is 0 Å². The third-order valence-corrected chi connectivity index (χ3v) is 3.58. The van der Waals surface area contributed by atoms with Gasteiger partial charge >= 0.3 is 11.9 Å². The zero-order chi connectivity index (χ0) is 11.9. The smallest absolute Gasteiger partial charge is 0.350 e. The van der Waals surface area contributed by atoms with E-state index in [0.717, 1.165) is 0 Å². The Morgan fingerprint density at radius 1 is 1.50 bits per heavy atom. The summed E-state index contributed by atoms with van der Waals surface area (Å²) in [5.74, 6) is -0.959. The highest BCUT2D eigenvalue weighted by Gasteiger charge is 2.67. The molecule has 0 amide bonds. The third kappa shape index (κ3) is 1.27. The van der Waals surface area contributed by atoms with Crippen LogP contribution in [0.5, 0.6) is 0 Å². The maximum Gasteiger partial charge on any atom is 0.350 e. The lowest BCUT2D eigenvalue weighted by atomic mass is 9.78. The van der Waals surface area contributed by atoms with Crippen molar-refractivity contribution in [2.45, 2.75) is 19.4 Å². The van der Waals surface area contributed by atoms with Crippen LogP contribution in [0.15, 0.2) is 0 Å². The molecular weight excluding hydrogens is 212 g/mol. The van der Waals surface area contributed by atoms with Gasteiger partial charge in [-0.3, -0.25) is 0 Å². The minimum atomic E-state index is -1.50. The fraction of sp³-hybridized carbons (Fsp3) is 0.818. The average molecular weight is 228 g/mol. The van der Waals surface area contributed by atoms with Crippen LogP contribution in [-0.4, -0.2) is 37.9 Å². The van der Waals surface area contributed by atoms with Gasteiger partial charge in [-0.15, -0.1) is 0 Å². The minimum Gasteiger partial charge on any atom is -0.466 e. The van der Waals surface area contributed by atoms with E-state index in [1.54, 1.807) is 0 Å². The van der Waals surface area contributed by atoms with Gasteiger partial charge in [-0.1, -0.05) is 13.8 Å². The molecule has 0 aromatic rings. The van der Waals surface area contributed by atoms with Crippen LogP contribution in [0.2, 0.25) is 0 Å². The molecule has 16 heavy (non-hydrogen) atoms. The van der Waals surface area contributed by atoms with Gasteiger partial charge in [0.05, 0.1) is 20.3 Å². The number of methoxy groups -OCH3 is 1. The van der Waals surface area contributed by atoms with Crippen molar-refractivity contribution in [3.63, 3.8) is 0 Å². The molecule has 5 nitrogen and oxygen atoms in total. The van der Waals surface area contributed by atoms with Crippen molar-refractivity contribution in [1.82, 2.24) is 0 Å². The Morgan fingerprint density at radius 3 is 2.75 bits per heavy atom. The Balaban J connectivity index is 2.34. The molecule has 2 saturated heterocycles. The summed E-state index contributed by atoms with van der Waals surface area (Å²) in [5.41, 5.74) is -1.50. The fourth-order valence-corrected chi connectivity index (χ4v) is 2.58. The van der Waals surface area contributed by atoms with Gasteiger partial charge in [-0.05, 0) is 11.8 Å². The van der Waals surface area contributed by atoms with Crippen LogP contribution in [0.1, 0.15) is 13.8 Å². The highest BCUT2D eigenvalue weighted by atomic mass is 16.6. The number of carbonyl (C=O) groups is 2. The Labute approximate surface area is 94.0 Å². The fourth-order valence-electron chi connectivity index (χ4n) is 2.58. The van der Waals surface area contributed by atoms with Crippen molar-refractivity contribution in [3.05, 3.63) is 0 Å². The van der Waals surface area contributed by atoms with Crippen molar-refractivity contribution in [3.8, 4) is 0 Å². The summed E-state index contributed by atoms with van der Waals surface area (Å²) in [7, 11) is 1.26. The quantitative estimate of drug-likeness (QED) is 0.505. The first-order valence-electron chi connectivity index (χ1n) is 5.43. The Kier molecular flexibility index (Phi) is 2.66. The monoisotopic (exact) mass is 228 g/mol. The second-order valence-electron chi connectivity index (χ2n) is 4.65. The first-order valence-corrected chi connectivity index (χ1v) is 5.43. The van der Waals surface area contributed by atoms with Gasteiger partial charge in [-0.2, -0.15) is 0 Å². The van der Waals surface area contributed by atoms with Gasteiger partial charge in [0.2, 0.25) is 0 Å². The summed E-state index contributed by atoms with van der Waals surface area (Å²) in [6.45, 7) is 4.75. The van der Waals surface area contributed by atoms with Crippen LogP contribution in [-0.2, 0) is 23.8 Å². The molecule has 0 aromatic heterocycles. The van der Waals surface area contributed by atoms with E-state index in [1.807, 2.05) is 13.8 Å². The summed E-state index contributed by atoms with van der Waals surface area (Å²) >= 11 is 0. The molecule has 0 saturated carbocycles. The molecule has 3 atom stereocenters. The number of cyclic esters (lactones) is 1. The zero-order valence-electron chi connectivity index (χ0n) is 9.69. The number of ether oxygens (including phenoxy) is 3. The normalized spacial score (nSPS) is 37.4. The molecule has 0 bridgehead atoms. The molecule has 0 aromatic carbocycles. The summed E-state index contributed by atoms with van der Waals surface area (Å²) < 4.78 is 15.1. The van der Waals surface area contributed by atoms with E-state index in [2.05, 4.69) is 4.74 Å². The van der Waals surface area contributed by atoms with Crippen molar-refractivity contribution in [1.29, 1.82) is 0 Å². The highest BCUT2D eigenvalue weighted by Crippen LogP contribution is 2.45. The van der Waals surface area contributed by atoms with Crippen LogP contribution in [0.3, 0.4) is 0 Å². The third-order valence-electron chi connectivity index (χ3n) is 3.58. The molecule has 2 aliphatic heterocycles. The van der Waals surface area contributed by atoms with Crippen LogP contribution in [0.25, 0.3) is 0 Å². The standard InChI is InChI=1S/C11H16O5/c1-6(2)7-4-16-11(9(12)14-3)8(7)5-15-10(11)13/h6-8H,4-5H2,1-3H3/t7-,8-,11-/m0/s1. The lowest BCUT2D eigenvalue weighted by Crippen LogP contribution is -2.49. The number of rotatable bonds is 2. The predicted octanol–water partition coefficient (Wildman–Crippen LogP) is 0.374. The second kappa shape index (κ2) is 3.73. The Bertz CT molecular complexity index is 324. The lowest BCUT2D eigenvalue weighted by molar-refractivity contribution is -0.176. The van der Waals surface area contributed by atoms with Gasteiger partial charge in [0.1, 0.15) is 0 Å². The maximum atomic E-state index is 11.7. The van der Waals surface area contributed by atoms with Crippen LogP contribution in [0.4, 0.5) is 0 Å². The zero-order valence-corrected chi connectivity index (χ0v) is 9.69. The van der Waals surface area contributed by atoms with E-state index < -0.39 is 17.5 Å². The molecular formula is C11H16O5. The van der Waals surface area contributed by atoms with Gasteiger partial charge in [0, 0.05) is 5.92 Å². The van der Waals surface area contributed by atoms with Gasteiger partial charge < -0.3 is 14.2 Å². The van der Waals surface area contributed by atoms with Crippen molar-refractivity contribution in [2.75, 3.05) is 20.3 Å². The van der Waals surface area contributed by atoms with Gasteiger partial charge in [0.15, 0.2) is 0 Å². The SMILES string of the molecule is COC(=O)[C@@]12OC[C@@H](C(C)C)[C@@H]1COC2=O. The van der Waals surface area contributed by atoms with Gasteiger partial charge in [0.25, 0.3) is 5.60 Å². The minimum absolute atomic E-state index is 0.158. The van der Waals surface area contributed by atoms with Crippen LogP contribution in [0, 0.1) is 17.8 Å². The molecule has 90 valence electrons. The molecule has 0 aliphatic carbocycles. The number of hydrogen-bond donors (Lipinski definition) is 0. The van der Waals surface area contributed by atoms with Gasteiger partial charge in [-0.25, -0.2) is 9.59 Å². The largest absolute Gasteiger partial charge is 0.466 e. The number of fused-ring (bicyclic) bond motifs is 1. The molecule has 2 heterocycles. The number of carbonyl (C=O) groups excluding carboxylic acids is 2.